The fraction of sp³-hybridized carbons (Fsp3) is 0.235. The molecule has 0 aliphatic carbocycles. The van der Waals surface area contributed by atoms with Crippen LogP contribution in [0, 0.1) is 6.92 Å². The highest BCUT2D eigenvalue weighted by molar-refractivity contribution is 6.31. The Morgan fingerprint density at radius 2 is 1.91 bits per heavy atom. The van der Waals surface area contributed by atoms with Gasteiger partial charge in [-0.3, -0.25) is 4.79 Å². The molecule has 2 rings (SSSR count). The average Bonchev–Trinajstić information content (AvgIpc) is 2.49. The van der Waals surface area contributed by atoms with E-state index in [0.717, 1.165) is 16.8 Å². The topological polar surface area (TPSA) is 41.1 Å². The number of halogens is 2. The van der Waals surface area contributed by atoms with E-state index in [1.807, 2.05) is 50.2 Å². The second kappa shape index (κ2) is 7.63. The fourth-order valence-electron chi connectivity index (χ4n) is 2.08. The van der Waals surface area contributed by atoms with Gasteiger partial charge in [-0.25, -0.2) is 0 Å². The van der Waals surface area contributed by atoms with Gasteiger partial charge in [0.15, 0.2) is 0 Å². The summed E-state index contributed by atoms with van der Waals surface area (Å²) in [5.74, 6) is -0.112. The Bertz CT molecular complexity index is 673. The highest BCUT2D eigenvalue weighted by Crippen LogP contribution is 2.23. The quantitative estimate of drug-likeness (QED) is 0.838. The maximum Gasteiger partial charge on any atom is 0.238 e. The Morgan fingerprint density at radius 1 is 1.18 bits per heavy atom. The van der Waals surface area contributed by atoms with E-state index < -0.39 is 0 Å². The van der Waals surface area contributed by atoms with Crippen LogP contribution in [0.1, 0.15) is 24.1 Å². The zero-order chi connectivity index (χ0) is 16.1. The van der Waals surface area contributed by atoms with Crippen molar-refractivity contribution in [2.24, 2.45) is 0 Å². The summed E-state index contributed by atoms with van der Waals surface area (Å²) in [6, 6.07) is 13.1. The number of anilines is 1. The summed E-state index contributed by atoms with van der Waals surface area (Å²) in [7, 11) is 0. The van der Waals surface area contributed by atoms with Crippen LogP contribution >= 0.6 is 23.2 Å². The second-order valence-electron chi connectivity index (χ2n) is 5.12. The standard InChI is InChI=1S/C17H18Cl2N2O/c1-11-15(19)7-4-8-16(11)21-17(22)10-20-12(2)13-5-3-6-14(18)9-13/h3-9,12,20H,10H2,1-2H3,(H,21,22). The molecule has 0 radical (unpaired) electrons. The third-order valence-corrected chi connectivity index (χ3v) is 4.10. The van der Waals surface area contributed by atoms with E-state index in [2.05, 4.69) is 10.6 Å². The Morgan fingerprint density at radius 3 is 2.64 bits per heavy atom. The Hall–Kier alpha value is -1.55. The molecule has 3 nitrogen and oxygen atoms in total. The number of hydrogen-bond acceptors (Lipinski definition) is 2. The molecule has 2 N–H and O–H groups in total. The molecule has 116 valence electrons. The molecular weight excluding hydrogens is 319 g/mol. The van der Waals surface area contributed by atoms with Crippen molar-refractivity contribution in [1.29, 1.82) is 0 Å². The first-order valence-corrected chi connectivity index (χ1v) is 7.77. The van der Waals surface area contributed by atoms with Gasteiger partial charge in [-0.1, -0.05) is 41.4 Å². The Balaban J connectivity index is 1.91. The predicted molar refractivity (Wildman–Crippen MR) is 92.7 cm³/mol. The minimum absolute atomic E-state index is 0.0323. The lowest BCUT2D eigenvalue weighted by molar-refractivity contribution is -0.115. The SMILES string of the molecule is Cc1c(Cl)cccc1NC(=O)CNC(C)c1cccc(Cl)c1. The first-order chi connectivity index (χ1) is 10.5. The van der Waals surface area contributed by atoms with E-state index >= 15 is 0 Å². The monoisotopic (exact) mass is 336 g/mol. The Labute approximate surface area is 140 Å². The molecule has 0 saturated heterocycles. The van der Waals surface area contributed by atoms with Gasteiger partial charge < -0.3 is 10.6 Å². The molecule has 2 aromatic carbocycles. The van der Waals surface area contributed by atoms with E-state index in [9.17, 15) is 4.79 Å². The normalized spacial score (nSPS) is 12.0. The summed E-state index contributed by atoms with van der Waals surface area (Å²) in [5.41, 5.74) is 2.63. The van der Waals surface area contributed by atoms with Gasteiger partial charge in [-0.05, 0) is 49.2 Å². The van der Waals surface area contributed by atoms with Crippen LogP contribution < -0.4 is 10.6 Å². The maximum atomic E-state index is 12.0. The smallest absolute Gasteiger partial charge is 0.238 e. The van der Waals surface area contributed by atoms with Crippen molar-refractivity contribution < 1.29 is 4.79 Å². The van der Waals surface area contributed by atoms with Crippen LogP contribution in [0.5, 0.6) is 0 Å². The summed E-state index contributed by atoms with van der Waals surface area (Å²) in [6.45, 7) is 4.07. The van der Waals surface area contributed by atoms with E-state index in [-0.39, 0.29) is 18.5 Å². The molecular formula is C17H18Cl2N2O. The van der Waals surface area contributed by atoms with Gasteiger partial charge in [-0.2, -0.15) is 0 Å². The maximum absolute atomic E-state index is 12.0. The van der Waals surface area contributed by atoms with Crippen molar-refractivity contribution in [3.05, 3.63) is 63.6 Å². The predicted octanol–water partition coefficient (Wildman–Crippen LogP) is 4.59. The lowest BCUT2D eigenvalue weighted by Crippen LogP contribution is -2.30. The van der Waals surface area contributed by atoms with Crippen molar-refractivity contribution in [1.82, 2.24) is 5.32 Å². The summed E-state index contributed by atoms with van der Waals surface area (Å²) in [4.78, 5) is 12.0. The second-order valence-corrected chi connectivity index (χ2v) is 5.96. The minimum atomic E-state index is -0.112. The van der Waals surface area contributed by atoms with E-state index in [1.165, 1.54) is 0 Å². The van der Waals surface area contributed by atoms with Crippen LogP contribution in [-0.2, 0) is 4.79 Å². The van der Waals surface area contributed by atoms with Crippen molar-refractivity contribution in [3.63, 3.8) is 0 Å². The van der Waals surface area contributed by atoms with Crippen molar-refractivity contribution in [2.45, 2.75) is 19.9 Å². The third-order valence-electron chi connectivity index (χ3n) is 3.46. The lowest BCUT2D eigenvalue weighted by atomic mass is 10.1. The number of rotatable bonds is 5. The molecule has 0 aliphatic heterocycles. The molecule has 0 aliphatic rings. The van der Waals surface area contributed by atoms with Crippen LogP contribution in [0.25, 0.3) is 0 Å². The van der Waals surface area contributed by atoms with Gasteiger partial charge in [0, 0.05) is 21.8 Å². The first-order valence-electron chi connectivity index (χ1n) is 7.01. The van der Waals surface area contributed by atoms with Gasteiger partial charge in [0.2, 0.25) is 5.91 Å². The largest absolute Gasteiger partial charge is 0.325 e. The van der Waals surface area contributed by atoms with Crippen LogP contribution in [0.2, 0.25) is 10.0 Å². The zero-order valence-corrected chi connectivity index (χ0v) is 14.0. The summed E-state index contributed by atoms with van der Waals surface area (Å²) in [5, 5.41) is 7.36. The summed E-state index contributed by atoms with van der Waals surface area (Å²) >= 11 is 12.0. The molecule has 0 heterocycles. The third kappa shape index (κ3) is 4.47. The van der Waals surface area contributed by atoms with Gasteiger partial charge in [0.05, 0.1) is 6.54 Å². The van der Waals surface area contributed by atoms with Crippen LogP contribution in [0.15, 0.2) is 42.5 Å². The van der Waals surface area contributed by atoms with Crippen molar-refractivity contribution in [2.75, 3.05) is 11.9 Å². The molecule has 2 aromatic rings. The van der Waals surface area contributed by atoms with Gasteiger partial charge in [0.1, 0.15) is 0 Å². The van der Waals surface area contributed by atoms with Gasteiger partial charge >= 0.3 is 0 Å². The molecule has 5 heteroatoms. The number of hydrogen-bond donors (Lipinski definition) is 2. The van der Waals surface area contributed by atoms with E-state index in [4.69, 9.17) is 23.2 Å². The Kier molecular flexibility index (Phi) is 5.83. The van der Waals surface area contributed by atoms with Crippen LogP contribution in [-0.4, -0.2) is 12.5 Å². The fourth-order valence-corrected chi connectivity index (χ4v) is 2.45. The number of amides is 1. The molecule has 0 saturated carbocycles. The highest BCUT2D eigenvalue weighted by atomic mass is 35.5. The molecule has 0 aromatic heterocycles. The van der Waals surface area contributed by atoms with Crippen LogP contribution in [0.3, 0.4) is 0 Å². The average molecular weight is 337 g/mol. The first kappa shape index (κ1) is 16.8. The molecule has 1 amide bonds. The van der Waals surface area contributed by atoms with Crippen LogP contribution in [0.4, 0.5) is 5.69 Å². The molecule has 22 heavy (non-hydrogen) atoms. The molecule has 0 bridgehead atoms. The summed E-state index contributed by atoms with van der Waals surface area (Å²) in [6.07, 6.45) is 0. The lowest BCUT2D eigenvalue weighted by Gasteiger charge is -2.15. The zero-order valence-electron chi connectivity index (χ0n) is 12.5. The molecule has 1 unspecified atom stereocenters. The highest BCUT2D eigenvalue weighted by Gasteiger charge is 2.10. The van der Waals surface area contributed by atoms with Gasteiger partial charge in [0.25, 0.3) is 0 Å². The molecule has 1 atom stereocenters. The van der Waals surface area contributed by atoms with E-state index in [1.54, 1.807) is 6.07 Å². The van der Waals surface area contributed by atoms with Gasteiger partial charge in [-0.15, -0.1) is 0 Å². The number of carbonyl (C=O) groups excluding carboxylic acids is 1. The number of nitrogens with one attached hydrogen (secondary N) is 2. The van der Waals surface area contributed by atoms with E-state index in [0.29, 0.717) is 10.0 Å². The molecule has 0 spiro atoms. The summed E-state index contributed by atoms with van der Waals surface area (Å²) < 4.78 is 0. The van der Waals surface area contributed by atoms with Crippen molar-refractivity contribution >= 4 is 34.8 Å². The molecule has 0 fully saturated rings. The number of carbonyl (C=O) groups is 1. The minimum Gasteiger partial charge on any atom is -0.325 e. The van der Waals surface area contributed by atoms with Crippen molar-refractivity contribution in [3.8, 4) is 0 Å². The number of benzene rings is 2.